The van der Waals surface area contributed by atoms with Gasteiger partial charge in [-0.25, -0.2) is 15.0 Å². The number of benzene rings is 1. The maximum absolute atomic E-state index is 5.85. The Bertz CT molecular complexity index is 878. The molecule has 1 saturated heterocycles. The molecule has 1 aromatic carbocycles. The highest BCUT2D eigenvalue weighted by Gasteiger charge is 2.19. The van der Waals surface area contributed by atoms with Crippen LogP contribution in [-0.4, -0.2) is 52.2 Å². The molecule has 7 heteroatoms. The molecule has 3 heterocycles. The summed E-state index contributed by atoms with van der Waals surface area (Å²) >= 11 is 0. The van der Waals surface area contributed by atoms with Crippen molar-refractivity contribution in [2.45, 2.75) is 20.0 Å². The van der Waals surface area contributed by atoms with E-state index in [-0.39, 0.29) is 6.10 Å². The molecule has 1 aliphatic heterocycles. The fourth-order valence-electron chi connectivity index (χ4n) is 3.18. The fourth-order valence-corrected chi connectivity index (χ4v) is 3.18. The van der Waals surface area contributed by atoms with Crippen LogP contribution in [0.25, 0.3) is 10.9 Å². The van der Waals surface area contributed by atoms with Gasteiger partial charge in [0.15, 0.2) is 0 Å². The molecule has 0 bridgehead atoms. The molecule has 26 heavy (non-hydrogen) atoms. The lowest BCUT2D eigenvalue weighted by atomic mass is 10.2. The molecule has 0 aliphatic carbocycles. The number of nitrogens with zero attached hydrogens (tertiary/aromatic N) is 6. The van der Waals surface area contributed by atoms with Crippen LogP contribution >= 0.6 is 0 Å². The number of fused-ring (bicyclic) bond motifs is 1. The third-order valence-corrected chi connectivity index (χ3v) is 4.45. The van der Waals surface area contributed by atoms with Crippen LogP contribution in [0.15, 0.2) is 43.1 Å². The van der Waals surface area contributed by atoms with Gasteiger partial charge in [-0.2, -0.15) is 0 Å². The van der Waals surface area contributed by atoms with Crippen LogP contribution in [0.5, 0.6) is 5.88 Å². The Labute approximate surface area is 152 Å². The summed E-state index contributed by atoms with van der Waals surface area (Å²) in [6.45, 7) is 7.69. The number of rotatable bonds is 4. The zero-order chi connectivity index (χ0) is 17.9. The topological polar surface area (TPSA) is 67.3 Å². The summed E-state index contributed by atoms with van der Waals surface area (Å²) in [4.78, 5) is 21.9. The van der Waals surface area contributed by atoms with Crippen molar-refractivity contribution in [1.29, 1.82) is 0 Å². The van der Waals surface area contributed by atoms with Gasteiger partial charge in [-0.3, -0.25) is 4.98 Å². The van der Waals surface area contributed by atoms with Crippen LogP contribution in [-0.2, 0) is 0 Å². The Morgan fingerprint density at radius 2 is 1.77 bits per heavy atom. The highest BCUT2D eigenvalue weighted by atomic mass is 16.5. The summed E-state index contributed by atoms with van der Waals surface area (Å²) in [5.74, 6) is 1.58. The molecule has 0 amide bonds. The van der Waals surface area contributed by atoms with Gasteiger partial charge in [-0.15, -0.1) is 0 Å². The summed E-state index contributed by atoms with van der Waals surface area (Å²) in [7, 11) is 0. The lowest BCUT2D eigenvalue weighted by Crippen LogP contribution is -2.46. The van der Waals surface area contributed by atoms with Gasteiger partial charge in [0.1, 0.15) is 12.1 Å². The minimum Gasteiger partial charge on any atom is -0.474 e. The zero-order valence-corrected chi connectivity index (χ0v) is 15.0. The Morgan fingerprint density at radius 3 is 2.50 bits per heavy atom. The molecular formula is C19H22N6O. The fraction of sp³-hybridized carbons (Fsp3) is 0.368. The molecular weight excluding hydrogens is 328 g/mol. The third-order valence-electron chi connectivity index (χ3n) is 4.45. The van der Waals surface area contributed by atoms with Gasteiger partial charge in [-0.05, 0) is 32.0 Å². The first-order valence-corrected chi connectivity index (χ1v) is 8.88. The molecule has 1 fully saturated rings. The molecule has 2 aromatic heterocycles. The Balaban J connectivity index is 1.54. The minimum absolute atomic E-state index is 0.0762. The predicted octanol–water partition coefficient (Wildman–Crippen LogP) is 2.53. The van der Waals surface area contributed by atoms with Crippen molar-refractivity contribution in [2.75, 3.05) is 36.0 Å². The second-order valence-electron chi connectivity index (χ2n) is 6.58. The van der Waals surface area contributed by atoms with Gasteiger partial charge >= 0.3 is 0 Å². The quantitative estimate of drug-likeness (QED) is 0.716. The van der Waals surface area contributed by atoms with Crippen LogP contribution in [0.4, 0.5) is 11.5 Å². The van der Waals surface area contributed by atoms with Crippen molar-refractivity contribution in [2.24, 2.45) is 0 Å². The van der Waals surface area contributed by atoms with Crippen LogP contribution in [0.2, 0.25) is 0 Å². The lowest BCUT2D eigenvalue weighted by molar-refractivity contribution is 0.235. The number of ether oxygens (including phenoxy) is 1. The standard InChI is InChI=1S/C19H22N6O/c1-14(2)26-19-16-11-15(3-4-17(16)22-13-23-19)24-7-9-25(10-8-24)18-12-20-5-6-21-18/h3-6,11-14H,7-10H2,1-2H3. The number of piperazine rings is 1. The van der Waals surface area contributed by atoms with E-state index in [4.69, 9.17) is 4.74 Å². The Kier molecular flexibility index (Phi) is 4.51. The van der Waals surface area contributed by atoms with Crippen molar-refractivity contribution in [1.82, 2.24) is 19.9 Å². The van der Waals surface area contributed by atoms with Gasteiger partial charge in [0.2, 0.25) is 5.88 Å². The number of hydrogen-bond donors (Lipinski definition) is 0. The number of anilines is 2. The van der Waals surface area contributed by atoms with Gasteiger partial charge in [-0.1, -0.05) is 0 Å². The van der Waals surface area contributed by atoms with Crippen LogP contribution in [0.3, 0.4) is 0 Å². The van der Waals surface area contributed by atoms with E-state index in [1.807, 2.05) is 26.1 Å². The monoisotopic (exact) mass is 350 g/mol. The van der Waals surface area contributed by atoms with E-state index >= 15 is 0 Å². The molecule has 0 radical (unpaired) electrons. The first-order chi connectivity index (χ1) is 12.7. The normalized spacial score (nSPS) is 14.9. The molecule has 0 spiro atoms. The van der Waals surface area contributed by atoms with Crippen molar-refractivity contribution >= 4 is 22.4 Å². The smallest absolute Gasteiger partial charge is 0.224 e. The van der Waals surface area contributed by atoms with Crippen molar-refractivity contribution in [3.05, 3.63) is 43.1 Å². The van der Waals surface area contributed by atoms with E-state index < -0.39 is 0 Å². The predicted molar refractivity (Wildman–Crippen MR) is 102 cm³/mol. The summed E-state index contributed by atoms with van der Waals surface area (Å²) in [6, 6.07) is 6.28. The first kappa shape index (κ1) is 16.5. The lowest BCUT2D eigenvalue weighted by Gasteiger charge is -2.36. The molecule has 0 atom stereocenters. The summed E-state index contributed by atoms with van der Waals surface area (Å²) in [6.07, 6.45) is 6.89. The second-order valence-corrected chi connectivity index (χ2v) is 6.58. The van der Waals surface area contributed by atoms with Gasteiger partial charge in [0.05, 0.1) is 23.2 Å². The Morgan fingerprint density at radius 1 is 0.962 bits per heavy atom. The highest BCUT2D eigenvalue weighted by Crippen LogP contribution is 2.28. The molecule has 0 saturated carbocycles. The van der Waals surface area contributed by atoms with E-state index in [2.05, 4.69) is 41.9 Å². The molecule has 3 aromatic rings. The van der Waals surface area contributed by atoms with E-state index in [1.54, 1.807) is 18.7 Å². The molecule has 1 aliphatic rings. The number of aromatic nitrogens is 4. The van der Waals surface area contributed by atoms with Crippen molar-refractivity contribution in [3.63, 3.8) is 0 Å². The maximum atomic E-state index is 5.85. The highest BCUT2D eigenvalue weighted by molar-refractivity contribution is 5.86. The van der Waals surface area contributed by atoms with E-state index in [9.17, 15) is 0 Å². The molecule has 0 N–H and O–H groups in total. The van der Waals surface area contributed by atoms with Crippen molar-refractivity contribution in [3.8, 4) is 5.88 Å². The van der Waals surface area contributed by atoms with Gasteiger partial charge in [0, 0.05) is 44.3 Å². The summed E-state index contributed by atoms with van der Waals surface area (Å²) < 4.78 is 5.85. The van der Waals surface area contributed by atoms with Crippen molar-refractivity contribution < 1.29 is 4.74 Å². The van der Waals surface area contributed by atoms with E-state index in [0.717, 1.165) is 42.9 Å². The first-order valence-electron chi connectivity index (χ1n) is 8.88. The van der Waals surface area contributed by atoms with Crippen LogP contribution in [0.1, 0.15) is 13.8 Å². The molecule has 4 rings (SSSR count). The van der Waals surface area contributed by atoms with E-state index in [0.29, 0.717) is 5.88 Å². The zero-order valence-electron chi connectivity index (χ0n) is 15.0. The Hall–Kier alpha value is -2.96. The third kappa shape index (κ3) is 3.37. The summed E-state index contributed by atoms with van der Waals surface area (Å²) in [5, 5.41) is 0.954. The second kappa shape index (κ2) is 7.11. The van der Waals surface area contributed by atoms with E-state index in [1.165, 1.54) is 5.69 Å². The molecule has 134 valence electrons. The largest absolute Gasteiger partial charge is 0.474 e. The average molecular weight is 350 g/mol. The van der Waals surface area contributed by atoms with Gasteiger partial charge < -0.3 is 14.5 Å². The molecule has 7 nitrogen and oxygen atoms in total. The minimum atomic E-state index is 0.0762. The SMILES string of the molecule is CC(C)Oc1ncnc2ccc(N3CCN(c4cnccn4)CC3)cc12. The average Bonchev–Trinajstić information content (AvgIpc) is 2.68. The maximum Gasteiger partial charge on any atom is 0.224 e. The molecule has 0 unspecified atom stereocenters. The summed E-state index contributed by atoms with van der Waals surface area (Å²) in [5.41, 5.74) is 2.07. The van der Waals surface area contributed by atoms with Gasteiger partial charge in [0.25, 0.3) is 0 Å². The van der Waals surface area contributed by atoms with Crippen LogP contribution in [0, 0.1) is 0 Å². The number of hydrogen-bond acceptors (Lipinski definition) is 7. The van der Waals surface area contributed by atoms with Crippen LogP contribution < -0.4 is 14.5 Å².